The second-order valence-corrected chi connectivity index (χ2v) is 17.6. The molecule has 2 amide bonds. The predicted molar refractivity (Wildman–Crippen MR) is 288 cm³/mol. The Kier molecular flexibility index (Phi) is 16.8. The van der Waals surface area contributed by atoms with Gasteiger partial charge in [0, 0.05) is 119 Å². The zero-order valence-electron chi connectivity index (χ0n) is 41.2. The van der Waals surface area contributed by atoms with E-state index in [-0.39, 0.29) is 24.9 Å². The van der Waals surface area contributed by atoms with Gasteiger partial charge in [0.25, 0.3) is 11.8 Å². The van der Waals surface area contributed by atoms with Crippen LogP contribution < -0.4 is 22.1 Å². The molecular formula is C58H59N11O4. The first-order valence-corrected chi connectivity index (χ1v) is 24.4. The molecule has 0 aliphatic carbocycles. The first-order valence-electron chi connectivity index (χ1n) is 24.4. The molecule has 8 rings (SSSR count). The van der Waals surface area contributed by atoms with Crippen LogP contribution in [0.5, 0.6) is 0 Å². The summed E-state index contributed by atoms with van der Waals surface area (Å²) in [6, 6.07) is 31.9. The van der Waals surface area contributed by atoms with Crippen LogP contribution in [0.15, 0.2) is 128 Å². The molecule has 0 fully saturated rings. The average molecular weight is 974 g/mol. The molecule has 0 aliphatic heterocycles. The minimum absolute atomic E-state index is 0.0897. The number of aliphatic hydroxyl groups excluding tert-OH is 2. The lowest BCUT2D eigenvalue weighted by atomic mass is 9.99. The molecule has 0 bridgehead atoms. The summed E-state index contributed by atoms with van der Waals surface area (Å²) in [7, 11) is 0. The first kappa shape index (κ1) is 50.9. The Bertz CT molecular complexity index is 3340. The van der Waals surface area contributed by atoms with Crippen LogP contribution in [0.25, 0.3) is 43.9 Å². The Hall–Kier alpha value is -8.44. The number of H-pyrrole nitrogens is 1. The van der Waals surface area contributed by atoms with E-state index in [0.29, 0.717) is 77.6 Å². The number of aromatic nitrogens is 5. The number of rotatable bonds is 18. The standard InChI is InChI=1S/C58H59N11O4/c1-4-68(5-2)36-46(70)33-64-57(72)40-16-10-38(11-17-40)14-21-51-48-23-20-42(30-44(48)32-62-55(51)59)43-24-27-61-45(31-43)26-29-69(6-3)37-47(71)34-65-58(73)41-18-12-39(13-19-41)15-22-52-49-8-7-9-50(54-25-28-66-67-54)53(49)35-63-56(52)60/h7-13,16-20,23-25,27-28,30-32,35,46-47,70-71H,4-6,26,29,33-34,36-37H2,1-3H3,(H2,59,62)(H2,60,63)(H,64,72)(H,65,73)(H,66,67). The molecule has 2 atom stereocenters. The largest absolute Gasteiger partial charge is 0.390 e. The van der Waals surface area contributed by atoms with E-state index in [4.69, 9.17) is 11.5 Å². The van der Waals surface area contributed by atoms with E-state index in [9.17, 15) is 19.8 Å². The van der Waals surface area contributed by atoms with Gasteiger partial charge in [0.15, 0.2) is 0 Å². The van der Waals surface area contributed by atoms with Crippen LogP contribution in [0, 0.1) is 23.7 Å². The number of hydrogen-bond donors (Lipinski definition) is 7. The Labute approximate surface area is 425 Å². The number of aliphatic hydroxyl groups is 2. The van der Waals surface area contributed by atoms with Crippen LogP contribution in [0.3, 0.4) is 0 Å². The van der Waals surface area contributed by atoms with Gasteiger partial charge in [-0.05, 0) is 104 Å². The highest BCUT2D eigenvalue weighted by Gasteiger charge is 2.16. The summed E-state index contributed by atoms with van der Waals surface area (Å²) in [5, 5.41) is 37.6. The number of aromatic amines is 1. The molecule has 73 heavy (non-hydrogen) atoms. The van der Waals surface area contributed by atoms with Crippen molar-refractivity contribution in [1.82, 2.24) is 45.6 Å². The summed E-state index contributed by atoms with van der Waals surface area (Å²) in [6.45, 7) is 10.3. The summed E-state index contributed by atoms with van der Waals surface area (Å²) in [4.78, 5) is 43.6. The van der Waals surface area contributed by atoms with Gasteiger partial charge in [0.05, 0.1) is 29.0 Å². The quantitative estimate of drug-likeness (QED) is 0.0472. The number of amides is 2. The van der Waals surface area contributed by atoms with E-state index in [0.717, 1.165) is 62.7 Å². The number of anilines is 2. The Morgan fingerprint density at radius 2 is 1.22 bits per heavy atom. The van der Waals surface area contributed by atoms with Crippen LogP contribution >= 0.6 is 0 Å². The van der Waals surface area contributed by atoms with Crippen LogP contribution in [-0.4, -0.2) is 122 Å². The number of benzene rings is 4. The maximum absolute atomic E-state index is 13.1. The summed E-state index contributed by atoms with van der Waals surface area (Å²) >= 11 is 0. The monoisotopic (exact) mass is 973 g/mol. The molecule has 15 heteroatoms. The molecule has 0 aliphatic rings. The molecule has 4 heterocycles. The van der Waals surface area contributed by atoms with E-state index in [1.807, 2.05) is 63.2 Å². The highest BCUT2D eigenvalue weighted by molar-refractivity contribution is 6.00. The molecule has 0 spiro atoms. The summed E-state index contributed by atoms with van der Waals surface area (Å²) in [5.41, 5.74) is 20.9. The number of likely N-dealkylation sites (N-methyl/N-ethyl adjacent to an activating group) is 2. The lowest BCUT2D eigenvalue weighted by Crippen LogP contribution is -2.40. The molecule has 0 saturated carbocycles. The normalized spacial score (nSPS) is 12.0. The molecule has 15 nitrogen and oxygen atoms in total. The van der Waals surface area contributed by atoms with E-state index in [2.05, 4.69) is 81.4 Å². The van der Waals surface area contributed by atoms with Crippen LogP contribution in [0.1, 0.15) is 69.4 Å². The lowest BCUT2D eigenvalue weighted by molar-refractivity contribution is 0.0863. The number of nitrogens with one attached hydrogen (secondary N) is 3. The molecule has 8 aromatic rings. The number of fused-ring (bicyclic) bond motifs is 2. The Morgan fingerprint density at radius 3 is 1.82 bits per heavy atom. The van der Waals surface area contributed by atoms with Gasteiger partial charge >= 0.3 is 0 Å². The van der Waals surface area contributed by atoms with Gasteiger partial charge in [0.2, 0.25) is 0 Å². The molecule has 0 radical (unpaired) electrons. The van der Waals surface area contributed by atoms with Crippen molar-refractivity contribution in [2.45, 2.75) is 39.4 Å². The fourth-order valence-corrected chi connectivity index (χ4v) is 8.54. The molecule has 4 aromatic heterocycles. The SMILES string of the molecule is CCN(CC)CC(O)CNC(=O)c1ccc(C#Cc2c(N)ncc3cc(-c4ccnc(CCN(CC)CC(O)CNC(=O)c5ccc(C#Cc6c(N)ncc7c(-c8ccn[nH]8)cccc67)cc5)c4)ccc23)cc1. The van der Waals surface area contributed by atoms with Gasteiger partial charge < -0.3 is 42.1 Å². The van der Waals surface area contributed by atoms with Crippen molar-refractivity contribution in [3.05, 3.63) is 167 Å². The maximum Gasteiger partial charge on any atom is 0.251 e. The third-order valence-corrected chi connectivity index (χ3v) is 12.7. The average Bonchev–Trinajstić information content (AvgIpc) is 3.97. The van der Waals surface area contributed by atoms with Crippen molar-refractivity contribution in [2.75, 3.05) is 63.8 Å². The molecule has 0 saturated heterocycles. The predicted octanol–water partition coefficient (Wildman–Crippen LogP) is 6.29. The number of carbonyl (C=O) groups excluding carboxylic acids is 2. The summed E-state index contributed by atoms with van der Waals surface area (Å²) < 4.78 is 0. The number of carbonyl (C=O) groups is 2. The van der Waals surface area contributed by atoms with Gasteiger partial charge in [-0.2, -0.15) is 5.10 Å². The van der Waals surface area contributed by atoms with Crippen molar-refractivity contribution in [3.8, 4) is 46.1 Å². The minimum Gasteiger partial charge on any atom is -0.390 e. The van der Waals surface area contributed by atoms with Crippen LogP contribution in [-0.2, 0) is 6.42 Å². The third kappa shape index (κ3) is 12.9. The van der Waals surface area contributed by atoms with E-state index >= 15 is 0 Å². The second-order valence-electron chi connectivity index (χ2n) is 17.6. The van der Waals surface area contributed by atoms with Crippen molar-refractivity contribution in [3.63, 3.8) is 0 Å². The minimum atomic E-state index is -0.787. The molecule has 2 unspecified atom stereocenters. The van der Waals surface area contributed by atoms with Crippen LogP contribution in [0.4, 0.5) is 11.6 Å². The van der Waals surface area contributed by atoms with Crippen molar-refractivity contribution < 1.29 is 19.8 Å². The topological polar surface area (TPSA) is 225 Å². The van der Waals surface area contributed by atoms with E-state index < -0.39 is 12.2 Å². The maximum atomic E-state index is 13.1. The Morgan fingerprint density at radius 1 is 0.630 bits per heavy atom. The number of nitrogens with two attached hydrogens (primary N) is 2. The summed E-state index contributed by atoms with van der Waals surface area (Å²) in [6.07, 6.45) is 6.20. The molecule has 9 N–H and O–H groups in total. The number of nitrogen functional groups attached to an aromatic ring is 2. The number of pyridine rings is 3. The fourth-order valence-electron chi connectivity index (χ4n) is 8.54. The molecule has 4 aromatic carbocycles. The lowest BCUT2D eigenvalue weighted by Gasteiger charge is -2.23. The molecular weight excluding hydrogens is 915 g/mol. The third-order valence-electron chi connectivity index (χ3n) is 12.7. The zero-order valence-corrected chi connectivity index (χ0v) is 41.2. The van der Waals surface area contributed by atoms with Gasteiger partial charge in [-0.15, -0.1) is 0 Å². The fraction of sp³-hybridized carbons (Fsp3) is 0.241. The first-order chi connectivity index (χ1) is 35.5. The van der Waals surface area contributed by atoms with Crippen molar-refractivity contribution >= 4 is 45.0 Å². The number of nitrogens with zero attached hydrogens (tertiary/aromatic N) is 6. The van der Waals surface area contributed by atoms with Crippen molar-refractivity contribution in [2.24, 2.45) is 0 Å². The van der Waals surface area contributed by atoms with Crippen LogP contribution in [0.2, 0.25) is 0 Å². The molecule has 370 valence electrons. The zero-order chi connectivity index (χ0) is 51.3. The van der Waals surface area contributed by atoms with Gasteiger partial charge in [-0.25, -0.2) is 9.97 Å². The summed E-state index contributed by atoms with van der Waals surface area (Å²) in [5.74, 6) is 12.8. The van der Waals surface area contributed by atoms with Gasteiger partial charge in [-0.3, -0.25) is 19.7 Å². The number of hydrogen-bond acceptors (Lipinski definition) is 12. The second kappa shape index (κ2) is 24.1. The van der Waals surface area contributed by atoms with E-state index in [1.54, 1.807) is 73.3 Å². The smallest absolute Gasteiger partial charge is 0.251 e. The van der Waals surface area contributed by atoms with E-state index in [1.165, 1.54) is 0 Å². The van der Waals surface area contributed by atoms with Crippen molar-refractivity contribution in [1.29, 1.82) is 0 Å². The highest BCUT2D eigenvalue weighted by Crippen LogP contribution is 2.31. The highest BCUT2D eigenvalue weighted by atomic mass is 16.3. The Balaban J connectivity index is 0.827. The van der Waals surface area contributed by atoms with Gasteiger partial charge in [0.1, 0.15) is 11.6 Å². The van der Waals surface area contributed by atoms with Gasteiger partial charge in [-0.1, -0.05) is 74.8 Å².